The van der Waals surface area contributed by atoms with Crippen LogP contribution in [0.5, 0.6) is 0 Å². The van der Waals surface area contributed by atoms with Gasteiger partial charge in [-0.25, -0.2) is 12.7 Å². The standard InChI is InChI=1S/C17H27N3O3S/c1-14(20-11-6-4-5-7-12-20)17(21)18-15-9-8-10-16(13-15)24(22,23)19(2)3/h8-10,13-14H,4-7,11-12H2,1-3H3,(H,18,21)/t14-/m0/s1. The Bertz CT molecular complexity index is 665. The second-order valence-electron chi connectivity index (χ2n) is 6.43. The van der Waals surface area contributed by atoms with Crippen molar-refractivity contribution in [3.05, 3.63) is 24.3 Å². The molecule has 0 unspecified atom stereocenters. The molecular formula is C17H27N3O3S. The van der Waals surface area contributed by atoms with E-state index in [-0.39, 0.29) is 16.8 Å². The molecule has 0 aliphatic carbocycles. The number of nitrogens with zero attached hydrogens (tertiary/aromatic N) is 2. The third-order valence-corrected chi connectivity index (χ3v) is 6.26. The maximum absolute atomic E-state index is 12.5. The molecule has 0 bridgehead atoms. The summed E-state index contributed by atoms with van der Waals surface area (Å²) in [6.07, 6.45) is 4.67. The quantitative estimate of drug-likeness (QED) is 0.880. The zero-order chi connectivity index (χ0) is 17.7. The van der Waals surface area contributed by atoms with Crippen molar-refractivity contribution >= 4 is 21.6 Å². The van der Waals surface area contributed by atoms with Crippen molar-refractivity contribution in [3.8, 4) is 0 Å². The van der Waals surface area contributed by atoms with Crippen molar-refractivity contribution in [1.82, 2.24) is 9.21 Å². The second kappa shape index (κ2) is 8.09. The Morgan fingerprint density at radius 2 is 1.79 bits per heavy atom. The molecular weight excluding hydrogens is 326 g/mol. The van der Waals surface area contributed by atoms with Gasteiger partial charge in [0.05, 0.1) is 10.9 Å². The number of benzene rings is 1. The van der Waals surface area contributed by atoms with Crippen molar-refractivity contribution < 1.29 is 13.2 Å². The van der Waals surface area contributed by atoms with Crippen LogP contribution in [-0.2, 0) is 14.8 Å². The molecule has 1 amide bonds. The van der Waals surface area contributed by atoms with Crippen molar-refractivity contribution in [2.75, 3.05) is 32.5 Å². The summed E-state index contributed by atoms with van der Waals surface area (Å²) in [5, 5.41) is 2.85. The molecule has 1 saturated heterocycles. The summed E-state index contributed by atoms with van der Waals surface area (Å²) in [6, 6.07) is 6.16. The van der Waals surface area contributed by atoms with Gasteiger partial charge in [-0.2, -0.15) is 0 Å². The van der Waals surface area contributed by atoms with E-state index < -0.39 is 10.0 Å². The first-order valence-corrected chi connectivity index (χ1v) is 9.84. The third-order valence-electron chi connectivity index (χ3n) is 4.45. The molecule has 24 heavy (non-hydrogen) atoms. The van der Waals surface area contributed by atoms with E-state index >= 15 is 0 Å². The van der Waals surface area contributed by atoms with E-state index in [1.165, 1.54) is 39.1 Å². The Hall–Kier alpha value is -1.44. The van der Waals surface area contributed by atoms with Crippen molar-refractivity contribution in [3.63, 3.8) is 0 Å². The fourth-order valence-electron chi connectivity index (χ4n) is 2.84. The molecule has 1 aliphatic rings. The van der Waals surface area contributed by atoms with E-state index in [0.29, 0.717) is 5.69 Å². The molecule has 0 spiro atoms. The van der Waals surface area contributed by atoms with Crippen molar-refractivity contribution in [2.45, 2.75) is 43.5 Å². The lowest BCUT2D eigenvalue weighted by Crippen LogP contribution is -2.42. The molecule has 1 fully saturated rings. The normalized spacial score (nSPS) is 18.2. The number of hydrogen-bond donors (Lipinski definition) is 1. The van der Waals surface area contributed by atoms with Crippen LogP contribution in [0.4, 0.5) is 5.69 Å². The third kappa shape index (κ3) is 4.55. The molecule has 7 heteroatoms. The number of carbonyl (C=O) groups is 1. The highest BCUT2D eigenvalue weighted by Crippen LogP contribution is 2.19. The van der Waals surface area contributed by atoms with Gasteiger partial charge in [0.25, 0.3) is 0 Å². The minimum absolute atomic E-state index is 0.101. The van der Waals surface area contributed by atoms with Gasteiger partial charge in [-0.3, -0.25) is 9.69 Å². The van der Waals surface area contributed by atoms with Gasteiger partial charge in [0.15, 0.2) is 0 Å². The number of sulfonamides is 1. The fraction of sp³-hybridized carbons (Fsp3) is 0.588. The van der Waals surface area contributed by atoms with E-state index in [1.54, 1.807) is 12.1 Å². The van der Waals surface area contributed by atoms with E-state index in [2.05, 4.69) is 10.2 Å². The Kier molecular flexibility index (Phi) is 6.37. The van der Waals surface area contributed by atoms with Gasteiger partial charge in [0.2, 0.25) is 15.9 Å². The Balaban J connectivity index is 2.09. The van der Waals surface area contributed by atoms with Crippen LogP contribution in [-0.4, -0.2) is 56.8 Å². The molecule has 1 heterocycles. The monoisotopic (exact) mass is 353 g/mol. The summed E-state index contributed by atoms with van der Waals surface area (Å²) in [7, 11) is -0.533. The zero-order valence-corrected chi connectivity index (χ0v) is 15.5. The number of hydrogen-bond acceptors (Lipinski definition) is 4. The Morgan fingerprint density at radius 3 is 2.38 bits per heavy atom. The summed E-state index contributed by atoms with van der Waals surface area (Å²) in [5.41, 5.74) is 0.504. The van der Waals surface area contributed by atoms with Gasteiger partial charge >= 0.3 is 0 Å². The largest absolute Gasteiger partial charge is 0.325 e. The van der Waals surface area contributed by atoms with Gasteiger partial charge in [-0.1, -0.05) is 18.9 Å². The van der Waals surface area contributed by atoms with Gasteiger partial charge in [-0.05, 0) is 51.1 Å². The lowest BCUT2D eigenvalue weighted by atomic mass is 10.2. The highest BCUT2D eigenvalue weighted by atomic mass is 32.2. The summed E-state index contributed by atoms with van der Waals surface area (Å²) in [4.78, 5) is 14.9. The average Bonchev–Trinajstić information content (AvgIpc) is 2.83. The van der Waals surface area contributed by atoms with Crippen LogP contribution in [0.25, 0.3) is 0 Å². The number of rotatable bonds is 5. The fourth-order valence-corrected chi connectivity index (χ4v) is 3.79. The van der Waals surface area contributed by atoms with Crippen LogP contribution in [0.15, 0.2) is 29.2 Å². The molecule has 0 radical (unpaired) electrons. The lowest BCUT2D eigenvalue weighted by Gasteiger charge is -2.26. The summed E-state index contributed by atoms with van der Waals surface area (Å²) in [6.45, 7) is 3.77. The zero-order valence-electron chi connectivity index (χ0n) is 14.7. The maximum Gasteiger partial charge on any atom is 0.242 e. The first-order chi connectivity index (χ1) is 11.3. The van der Waals surface area contributed by atoms with E-state index in [4.69, 9.17) is 0 Å². The summed E-state index contributed by atoms with van der Waals surface area (Å²) in [5.74, 6) is -0.101. The molecule has 0 aromatic heterocycles. The molecule has 0 saturated carbocycles. The molecule has 1 atom stereocenters. The minimum Gasteiger partial charge on any atom is -0.325 e. The van der Waals surface area contributed by atoms with Crippen molar-refractivity contribution in [1.29, 1.82) is 0 Å². The average molecular weight is 353 g/mol. The highest BCUT2D eigenvalue weighted by molar-refractivity contribution is 7.89. The van der Waals surface area contributed by atoms with Crippen LogP contribution in [0, 0.1) is 0 Å². The predicted molar refractivity (Wildman–Crippen MR) is 95.4 cm³/mol. The summed E-state index contributed by atoms with van der Waals surface area (Å²) >= 11 is 0. The Labute approximate surface area is 144 Å². The number of amides is 1. The van der Waals surface area contributed by atoms with Crippen LogP contribution in [0.2, 0.25) is 0 Å². The van der Waals surface area contributed by atoms with Gasteiger partial charge in [-0.15, -0.1) is 0 Å². The smallest absolute Gasteiger partial charge is 0.242 e. The number of nitrogens with one attached hydrogen (secondary N) is 1. The lowest BCUT2D eigenvalue weighted by molar-refractivity contribution is -0.120. The van der Waals surface area contributed by atoms with E-state index in [1.807, 2.05) is 6.92 Å². The molecule has 1 aliphatic heterocycles. The number of likely N-dealkylation sites (tertiary alicyclic amines) is 1. The highest BCUT2D eigenvalue weighted by Gasteiger charge is 2.23. The maximum atomic E-state index is 12.5. The molecule has 134 valence electrons. The number of anilines is 1. The molecule has 1 aromatic rings. The molecule has 6 nitrogen and oxygen atoms in total. The number of carbonyl (C=O) groups excluding carboxylic acids is 1. The molecule has 1 N–H and O–H groups in total. The van der Waals surface area contributed by atoms with Gasteiger partial charge in [0.1, 0.15) is 0 Å². The van der Waals surface area contributed by atoms with Crippen LogP contribution >= 0.6 is 0 Å². The van der Waals surface area contributed by atoms with Crippen LogP contribution in [0.1, 0.15) is 32.6 Å². The van der Waals surface area contributed by atoms with Crippen LogP contribution in [0.3, 0.4) is 0 Å². The first kappa shape index (κ1) is 18.9. The van der Waals surface area contributed by atoms with Crippen molar-refractivity contribution in [2.24, 2.45) is 0 Å². The molecule has 1 aromatic carbocycles. The predicted octanol–water partition coefficient (Wildman–Crippen LogP) is 2.14. The van der Waals surface area contributed by atoms with Gasteiger partial charge < -0.3 is 5.32 Å². The van der Waals surface area contributed by atoms with E-state index in [0.717, 1.165) is 30.2 Å². The van der Waals surface area contributed by atoms with E-state index in [9.17, 15) is 13.2 Å². The minimum atomic E-state index is -3.51. The first-order valence-electron chi connectivity index (χ1n) is 8.40. The summed E-state index contributed by atoms with van der Waals surface area (Å²) < 4.78 is 25.5. The SMILES string of the molecule is C[C@@H](C(=O)Nc1cccc(S(=O)(=O)N(C)C)c1)N1CCCCCC1. The topological polar surface area (TPSA) is 69.7 Å². The Morgan fingerprint density at radius 1 is 1.17 bits per heavy atom. The van der Waals surface area contributed by atoms with Crippen LogP contribution < -0.4 is 5.32 Å². The molecule has 2 rings (SSSR count). The van der Waals surface area contributed by atoms with Gasteiger partial charge in [0, 0.05) is 19.8 Å². The second-order valence-corrected chi connectivity index (χ2v) is 8.58.